The van der Waals surface area contributed by atoms with Crippen molar-refractivity contribution in [2.24, 2.45) is 17.8 Å². The Kier molecular flexibility index (Phi) is 9.69. The number of amides is 1. The summed E-state index contributed by atoms with van der Waals surface area (Å²) in [7, 11) is -2.55. The van der Waals surface area contributed by atoms with E-state index in [4.69, 9.17) is 25.8 Å². The minimum atomic E-state index is -3.90. The lowest BCUT2D eigenvalue weighted by atomic mass is 9.68. The quantitative estimate of drug-likeness (QED) is 0.326. The summed E-state index contributed by atoms with van der Waals surface area (Å²) >= 11 is 6.41. The van der Waals surface area contributed by atoms with Crippen LogP contribution in [0, 0.1) is 17.8 Å². The molecule has 1 fully saturated rings. The van der Waals surface area contributed by atoms with Gasteiger partial charge in [-0.1, -0.05) is 43.2 Å². The van der Waals surface area contributed by atoms with Crippen molar-refractivity contribution in [2.75, 3.05) is 44.1 Å². The van der Waals surface area contributed by atoms with E-state index in [1.165, 1.54) is 18.2 Å². The van der Waals surface area contributed by atoms with Gasteiger partial charge >= 0.3 is 5.97 Å². The van der Waals surface area contributed by atoms with E-state index in [0.717, 1.165) is 42.8 Å². The van der Waals surface area contributed by atoms with Gasteiger partial charge in [0.1, 0.15) is 12.4 Å². The molecule has 9 nitrogen and oxygen atoms in total. The number of hydrogen-bond acceptors (Lipinski definition) is 8. The summed E-state index contributed by atoms with van der Waals surface area (Å²) in [5.74, 6) is -0.359. The fourth-order valence-electron chi connectivity index (χ4n) is 7.65. The van der Waals surface area contributed by atoms with Crippen LogP contribution in [-0.4, -0.2) is 65.6 Å². The predicted octanol–water partition coefficient (Wildman–Crippen LogP) is 5.69. The molecule has 2 heterocycles. The lowest BCUT2D eigenvalue weighted by Gasteiger charge is -2.46. The zero-order valence-electron chi connectivity index (χ0n) is 26.5. The zero-order chi connectivity index (χ0) is 32.5. The lowest BCUT2D eigenvalue weighted by molar-refractivity contribution is -0.149. The second-order valence-corrected chi connectivity index (χ2v) is 15.5. The molecule has 0 radical (unpaired) electrons. The van der Waals surface area contributed by atoms with Gasteiger partial charge in [-0.25, -0.2) is 17.9 Å². The normalized spacial score (nSPS) is 29.6. The summed E-state index contributed by atoms with van der Waals surface area (Å²) in [6.07, 6.45) is 9.61. The highest BCUT2D eigenvalue weighted by Gasteiger charge is 2.44. The van der Waals surface area contributed by atoms with Crippen LogP contribution < -0.4 is 14.4 Å². The maximum atomic E-state index is 13.4. The molecule has 2 aliphatic carbocycles. The van der Waals surface area contributed by atoms with Crippen LogP contribution in [0.5, 0.6) is 5.75 Å². The number of carbonyl (C=O) groups is 2. The first-order valence-electron chi connectivity index (χ1n) is 16.3. The van der Waals surface area contributed by atoms with Crippen LogP contribution in [0.3, 0.4) is 0 Å². The molecule has 1 N–H and O–H groups in total. The molecule has 2 aliphatic heterocycles. The molecule has 6 rings (SSSR count). The van der Waals surface area contributed by atoms with Gasteiger partial charge in [-0.3, -0.25) is 4.79 Å². The van der Waals surface area contributed by atoms with Crippen LogP contribution >= 0.6 is 11.6 Å². The first-order valence-corrected chi connectivity index (χ1v) is 18.3. The number of methoxy groups -OCH3 is 1. The van der Waals surface area contributed by atoms with Crippen LogP contribution in [-0.2, 0) is 36.1 Å². The zero-order valence-corrected chi connectivity index (χ0v) is 28.1. The van der Waals surface area contributed by atoms with Gasteiger partial charge in [0.2, 0.25) is 10.0 Å². The van der Waals surface area contributed by atoms with Crippen LogP contribution in [0.1, 0.15) is 68.4 Å². The topological polar surface area (TPSA) is 111 Å². The molecule has 11 heteroatoms. The Morgan fingerprint density at radius 3 is 2.83 bits per heavy atom. The molecular formula is C35H45ClN2O7S. The number of nitrogens with zero attached hydrogens (tertiary/aromatic N) is 1. The summed E-state index contributed by atoms with van der Waals surface area (Å²) in [5, 5.41) is 0.720. The van der Waals surface area contributed by atoms with Gasteiger partial charge in [-0.15, -0.1) is 0 Å². The summed E-state index contributed by atoms with van der Waals surface area (Å²) in [4.78, 5) is 27.8. The average Bonchev–Trinajstić information content (AvgIpc) is 3.17. The van der Waals surface area contributed by atoms with Gasteiger partial charge < -0.3 is 19.1 Å². The minimum Gasteiger partial charge on any atom is -0.490 e. The van der Waals surface area contributed by atoms with Gasteiger partial charge in [0.25, 0.3) is 5.91 Å². The minimum absolute atomic E-state index is 0. The summed E-state index contributed by atoms with van der Waals surface area (Å²) in [5.41, 5.74) is 3.23. The molecular weight excluding hydrogens is 628 g/mol. The average molecular weight is 673 g/mol. The number of rotatable bonds is 4. The third-order valence-corrected chi connectivity index (χ3v) is 12.0. The van der Waals surface area contributed by atoms with E-state index in [9.17, 15) is 18.0 Å². The fourth-order valence-corrected chi connectivity index (χ4v) is 9.32. The number of hydrogen-bond donors (Lipinski definition) is 1. The summed E-state index contributed by atoms with van der Waals surface area (Å²) < 4.78 is 46.2. The molecule has 46 heavy (non-hydrogen) atoms. The van der Waals surface area contributed by atoms with Crippen LogP contribution in [0.2, 0.25) is 5.02 Å². The Hall–Kier alpha value is -3.08. The number of benzene rings is 2. The SMILES string of the molecule is CC[C@@H]1C/C=C/[C@H](OCC(=O)OC)[C@@H]2CC[C@H]2CN2C[C@@]3(CCCc4cc(Cl)ccc43)COc3ccc(cc32)C(=O)NS(=O)(=O)C1.[HH]. The molecule has 5 atom stereocenters. The number of sulfonamides is 1. The standard InChI is InChI=1S/C35H43ClN2O7S.H2/c1-3-23-6-4-8-31(44-19-33(39)43-2)28-12-9-26(28)18-38-21-35(15-5-7-24-16-27(36)11-13-29(24)35)22-45-32-14-10-25(17-30(32)38)34(40)37-46(41,42)20-23;/h4,8,10-11,13-14,16-17,23,26,28,31H,3,5-7,9,12,15,18-22H2,1-2H3,(H,37,40);1H/b8-4+;/t23-,26+,28-,31+,35+;/m1./s1. The lowest BCUT2D eigenvalue weighted by Crippen LogP contribution is -2.49. The van der Waals surface area contributed by atoms with Crippen molar-refractivity contribution in [2.45, 2.75) is 63.4 Å². The Morgan fingerprint density at radius 2 is 2.07 bits per heavy atom. The molecule has 2 aromatic rings. The van der Waals surface area contributed by atoms with Crippen molar-refractivity contribution < 1.29 is 33.6 Å². The van der Waals surface area contributed by atoms with Gasteiger partial charge in [0.15, 0.2) is 0 Å². The van der Waals surface area contributed by atoms with Crippen molar-refractivity contribution in [1.82, 2.24) is 4.72 Å². The van der Waals surface area contributed by atoms with E-state index >= 15 is 0 Å². The summed E-state index contributed by atoms with van der Waals surface area (Å²) in [6, 6.07) is 11.3. The number of esters is 1. The maximum Gasteiger partial charge on any atom is 0.331 e. The number of ether oxygens (including phenoxy) is 3. The predicted molar refractivity (Wildman–Crippen MR) is 179 cm³/mol. The molecule has 1 amide bonds. The first-order chi connectivity index (χ1) is 22.1. The first kappa shape index (κ1) is 32.8. The number of anilines is 1. The van der Waals surface area contributed by atoms with Crippen molar-refractivity contribution in [3.05, 3.63) is 70.3 Å². The van der Waals surface area contributed by atoms with Gasteiger partial charge in [0, 0.05) is 30.5 Å². The van der Waals surface area contributed by atoms with Crippen molar-refractivity contribution in [3.8, 4) is 5.75 Å². The highest BCUT2D eigenvalue weighted by Crippen LogP contribution is 2.47. The number of carbonyl (C=O) groups excluding carboxylic acids is 2. The highest BCUT2D eigenvalue weighted by atomic mass is 35.5. The van der Waals surface area contributed by atoms with E-state index < -0.39 is 21.9 Å². The van der Waals surface area contributed by atoms with Crippen LogP contribution in [0.25, 0.3) is 0 Å². The van der Waals surface area contributed by atoms with E-state index in [0.29, 0.717) is 38.3 Å². The molecule has 0 aromatic heterocycles. The molecule has 1 spiro atoms. The second kappa shape index (κ2) is 13.6. The molecule has 0 unspecified atom stereocenters. The number of halogens is 1. The number of nitrogens with one attached hydrogen (secondary N) is 1. The maximum absolute atomic E-state index is 13.4. The smallest absolute Gasteiger partial charge is 0.331 e. The van der Waals surface area contributed by atoms with E-state index in [2.05, 4.69) is 21.8 Å². The molecule has 0 saturated heterocycles. The Labute approximate surface area is 278 Å². The van der Waals surface area contributed by atoms with Crippen LogP contribution in [0.15, 0.2) is 48.6 Å². The van der Waals surface area contributed by atoms with Crippen molar-refractivity contribution in [3.63, 3.8) is 0 Å². The molecule has 2 bridgehead atoms. The third-order valence-electron chi connectivity index (χ3n) is 10.3. The van der Waals surface area contributed by atoms with Crippen molar-refractivity contribution >= 4 is 39.2 Å². The second-order valence-electron chi connectivity index (χ2n) is 13.3. The van der Waals surface area contributed by atoms with E-state index in [1.807, 2.05) is 25.1 Å². The molecule has 4 aliphatic rings. The number of aryl methyl sites for hydroxylation is 1. The monoisotopic (exact) mass is 672 g/mol. The molecule has 2 aromatic carbocycles. The molecule has 250 valence electrons. The third kappa shape index (κ3) is 6.94. The highest BCUT2D eigenvalue weighted by molar-refractivity contribution is 7.90. The summed E-state index contributed by atoms with van der Waals surface area (Å²) in [6.45, 7) is 3.62. The van der Waals surface area contributed by atoms with Gasteiger partial charge in [0.05, 0.1) is 31.3 Å². The number of allylic oxidation sites excluding steroid dienone is 1. The van der Waals surface area contributed by atoms with Crippen molar-refractivity contribution in [1.29, 1.82) is 0 Å². The largest absolute Gasteiger partial charge is 0.490 e. The molecule has 1 saturated carbocycles. The number of fused-ring (bicyclic) bond motifs is 4. The van der Waals surface area contributed by atoms with Gasteiger partial charge in [-0.05, 0) is 97.7 Å². The van der Waals surface area contributed by atoms with E-state index in [1.54, 1.807) is 18.2 Å². The van der Waals surface area contributed by atoms with Gasteiger partial charge in [-0.2, -0.15) is 0 Å². The van der Waals surface area contributed by atoms with E-state index in [-0.39, 0.29) is 48.6 Å². The van der Waals surface area contributed by atoms with Crippen LogP contribution in [0.4, 0.5) is 5.69 Å². The Bertz CT molecular complexity index is 1620. The fraction of sp³-hybridized carbons (Fsp3) is 0.543. The Balaban J connectivity index is 0.00000433. The Morgan fingerprint density at radius 1 is 1.22 bits per heavy atom.